The molecule has 0 spiro atoms. The Labute approximate surface area is 119 Å². The maximum absolute atomic E-state index is 10.9. The van der Waals surface area contributed by atoms with Crippen LogP contribution in [-0.2, 0) is 0 Å². The van der Waals surface area contributed by atoms with Crippen LogP contribution in [0.15, 0.2) is 41.8 Å². The number of hydrogen-bond donors (Lipinski definition) is 1. The number of carbonyl (C=O) groups is 1. The summed E-state index contributed by atoms with van der Waals surface area (Å²) in [7, 11) is 0. The largest absolute Gasteiger partial charge is 0.476 e. The molecule has 5 nitrogen and oxygen atoms in total. The fourth-order valence-corrected chi connectivity index (χ4v) is 2.68. The Morgan fingerprint density at radius 1 is 1.30 bits per heavy atom. The third-order valence-corrected chi connectivity index (χ3v) is 3.61. The number of benzene rings is 1. The number of hydrogen-bond acceptors (Lipinski definition) is 4. The molecule has 0 aliphatic rings. The molecule has 0 aliphatic carbocycles. The number of aryl methyl sites for hydroxylation is 1. The first-order valence-electron chi connectivity index (χ1n) is 5.96. The fraction of sp³-hybridized carbons (Fsp3) is 0.0714. The molecule has 0 bridgehead atoms. The van der Waals surface area contributed by atoms with Crippen LogP contribution in [0.3, 0.4) is 0 Å². The molecule has 2 aromatic heterocycles. The molecule has 0 saturated carbocycles. The van der Waals surface area contributed by atoms with Crippen LogP contribution < -0.4 is 0 Å². The number of nitrogens with zero attached hydrogens (tertiary/aromatic N) is 3. The van der Waals surface area contributed by atoms with Crippen molar-refractivity contribution >= 4 is 17.3 Å². The summed E-state index contributed by atoms with van der Waals surface area (Å²) in [4.78, 5) is 15.0. The maximum Gasteiger partial charge on any atom is 0.355 e. The lowest BCUT2D eigenvalue weighted by Crippen LogP contribution is -2.01. The van der Waals surface area contributed by atoms with Crippen molar-refractivity contribution in [3.63, 3.8) is 0 Å². The van der Waals surface area contributed by atoms with Gasteiger partial charge in [0.2, 0.25) is 5.13 Å². The summed E-state index contributed by atoms with van der Waals surface area (Å²) in [6.45, 7) is 1.90. The summed E-state index contributed by atoms with van der Waals surface area (Å²) in [6, 6.07) is 11.8. The molecule has 1 N–H and O–H groups in total. The molecule has 6 heteroatoms. The molecular weight excluding hydrogens is 274 g/mol. The second-order valence-corrected chi connectivity index (χ2v) is 5.11. The van der Waals surface area contributed by atoms with Gasteiger partial charge in [0.1, 0.15) is 0 Å². The van der Waals surface area contributed by atoms with Crippen LogP contribution in [0, 0.1) is 6.92 Å². The van der Waals surface area contributed by atoms with Crippen molar-refractivity contribution in [1.29, 1.82) is 0 Å². The highest BCUT2D eigenvalue weighted by Gasteiger charge is 2.15. The molecule has 2 heterocycles. The highest BCUT2D eigenvalue weighted by molar-refractivity contribution is 7.12. The predicted octanol–water partition coefficient (Wildman–Crippen LogP) is 3.00. The summed E-state index contributed by atoms with van der Waals surface area (Å²) in [5, 5.41) is 15.4. The van der Waals surface area contributed by atoms with E-state index in [9.17, 15) is 4.79 Å². The van der Waals surface area contributed by atoms with Gasteiger partial charge < -0.3 is 5.11 Å². The van der Waals surface area contributed by atoms with Gasteiger partial charge >= 0.3 is 5.97 Å². The quantitative estimate of drug-likeness (QED) is 0.803. The van der Waals surface area contributed by atoms with Crippen LogP contribution in [0.1, 0.15) is 16.2 Å². The van der Waals surface area contributed by atoms with Crippen molar-refractivity contribution < 1.29 is 9.90 Å². The summed E-state index contributed by atoms with van der Waals surface area (Å²) in [6.07, 6.45) is 0. The number of aromatic carboxylic acids is 1. The molecule has 1 aromatic carbocycles. The molecule has 100 valence electrons. The minimum absolute atomic E-state index is 0.0390. The van der Waals surface area contributed by atoms with E-state index in [1.807, 2.05) is 43.3 Å². The van der Waals surface area contributed by atoms with Crippen molar-refractivity contribution in [2.45, 2.75) is 6.92 Å². The SMILES string of the molecule is Cc1cc(-c2ccccc2)n(-c2nc(C(=O)O)cs2)n1. The van der Waals surface area contributed by atoms with Crippen LogP contribution in [-0.4, -0.2) is 25.8 Å². The van der Waals surface area contributed by atoms with Crippen molar-refractivity contribution in [3.05, 3.63) is 53.2 Å². The van der Waals surface area contributed by atoms with E-state index in [-0.39, 0.29) is 5.69 Å². The van der Waals surface area contributed by atoms with Gasteiger partial charge in [-0.25, -0.2) is 14.5 Å². The van der Waals surface area contributed by atoms with Gasteiger partial charge in [0.25, 0.3) is 0 Å². The van der Waals surface area contributed by atoms with E-state index in [4.69, 9.17) is 5.11 Å². The Morgan fingerprint density at radius 2 is 2.05 bits per heavy atom. The number of rotatable bonds is 3. The zero-order chi connectivity index (χ0) is 14.1. The van der Waals surface area contributed by atoms with Crippen molar-refractivity contribution in [2.24, 2.45) is 0 Å². The normalized spacial score (nSPS) is 10.7. The smallest absolute Gasteiger partial charge is 0.355 e. The highest BCUT2D eigenvalue weighted by atomic mass is 32.1. The molecule has 0 saturated heterocycles. The first-order chi connectivity index (χ1) is 9.65. The Morgan fingerprint density at radius 3 is 2.70 bits per heavy atom. The van der Waals surface area contributed by atoms with E-state index in [2.05, 4.69) is 10.1 Å². The summed E-state index contributed by atoms with van der Waals surface area (Å²) in [5.74, 6) is -1.03. The molecule has 0 radical (unpaired) electrons. The van der Waals surface area contributed by atoms with E-state index in [0.29, 0.717) is 5.13 Å². The van der Waals surface area contributed by atoms with E-state index in [0.717, 1.165) is 17.0 Å². The van der Waals surface area contributed by atoms with Gasteiger partial charge in [0, 0.05) is 10.9 Å². The maximum atomic E-state index is 10.9. The lowest BCUT2D eigenvalue weighted by atomic mass is 10.1. The molecule has 0 fully saturated rings. The Kier molecular flexibility index (Phi) is 3.08. The molecule has 0 aliphatic heterocycles. The molecule has 0 unspecified atom stereocenters. The predicted molar refractivity (Wildman–Crippen MR) is 76.4 cm³/mol. The average Bonchev–Trinajstić information content (AvgIpc) is 3.06. The molecule has 0 amide bonds. The Hall–Kier alpha value is -2.47. The Balaban J connectivity index is 2.12. The summed E-state index contributed by atoms with van der Waals surface area (Å²) in [5.41, 5.74) is 2.81. The zero-order valence-electron chi connectivity index (χ0n) is 10.6. The molecule has 0 atom stereocenters. The summed E-state index contributed by atoms with van der Waals surface area (Å²) >= 11 is 1.26. The lowest BCUT2D eigenvalue weighted by molar-refractivity contribution is 0.0691. The zero-order valence-corrected chi connectivity index (χ0v) is 11.5. The summed E-state index contributed by atoms with van der Waals surface area (Å²) < 4.78 is 1.68. The molecule has 20 heavy (non-hydrogen) atoms. The van der Waals surface area contributed by atoms with Gasteiger partial charge in [-0.1, -0.05) is 30.3 Å². The topological polar surface area (TPSA) is 68.0 Å². The minimum atomic E-state index is -1.03. The van der Waals surface area contributed by atoms with Crippen LogP contribution >= 0.6 is 11.3 Å². The average molecular weight is 285 g/mol. The number of carboxylic acid groups (broad SMARTS) is 1. The van der Waals surface area contributed by atoms with Crippen molar-refractivity contribution in [3.8, 4) is 16.4 Å². The van der Waals surface area contributed by atoms with Gasteiger partial charge in [-0.05, 0) is 13.0 Å². The van der Waals surface area contributed by atoms with Crippen LogP contribution in [0.25, 0.3) is 16.4 Å². The fourth-order valence-electron chi connectivity index (χ4n) is 1.92. The van der Waals surface area contributed by atoms with Crippen molar-refractivity contribution in [1.82, 2.24) is 14.8 Å². The van der Waals surface area contributed by atoms with Gasteiger partial charge in [0.15, 0.2) is 5.69 Å². The van der Waals surface area contributed by atoms with Gasteiger partial charge in [-0.2, -0.15) is 5.10 Å². The number of aromatic nitrogens is 3. The van der Waals surface area contributed by atoms with Gasteiger partial charge in [0.05, 0.1) is 11.4 Å². The lowest BCUT2D eigenvalue weighted by Gasteiger charge is -2.03. The highest BCUT2D eigenvalue weighted by Crippen LogP contribution is 2.25. The van der Waals surface area contributed by atoms with Crippen LogP contribution in [0.5, 0.6) is 0 Å². The monoisotopic (exact) mass is 285 g/mol. The van der Waals surface area contributed by atoms with Crippen molar-refractivity contribution in [2.75, 3.05) is 0 Å². The Bertz CT molecular complexity index is 762. The molecule has 3 aromatic rings. The number of thiazole rings is 1. The second kappa shape index (κ2) is 4.90. The van der Waals surface area contributed by atoms with E-state index in [1.54, 1.807) is 4.68 Å². The molecular formula is C14H11N3O2S. The molecule has 3 rings (SSSR count). The second-order valence-electron chi connectivity index (χ2n) is 4.27. The minimum Gasteiger partial charge on any atom is -0.476 e. The first-order valence-corrected chi connectivity index (χ1v) is 6.84. The first kappa shape index (κ1) is 12.6. The van der Waals surface area contributed by atoms with Gasteiger partial charge in [-0.3, -0.25) is 0 Å². The number of carboxylic acids is 1. The van der Waals surface area contributed by atoms with E-state index >= 15 is 0 Å². The van der Waals surface area contributed by atoms with E-state index < -0.39 is 5.97 Å². The third-order valence-electron chi connectivity index (χ3n) is 2.79. The van der Waals surface area contributed by atoms with E-state index in [1.165, 1.54) is 16.7 Å². The van der Waals surface area contributed by atoms with Gasteiger partial charge in [-0.15, -0.1) is 11.3 Å². The standard InChI is InChI=1S/C14H11N3O2S/c1-9-7-12(10-5-3-2-4-6-10)17(16-9)14-15-11(8-20-14)13(18)19/h2-8H,1H3,(H,18,19). The third kappa shape index (κ3) is 2.21. The van der Waals surface area contributed by atoms with Crippen LogP contribution in [0.4, 0.5) is 0 Å². The van der Waals surface area contributed by atoms with Crippen LogP contribution in [0.2, 0.25) is 0 Å².